The predicted molar refractivity (Wildman–Crippen MR) is 49.9 cm³/mol. The maximum atomic E-state index is 11.1. The van der Waals surface area contributed by atoms with Crippen molar-refractivity contribution < 1.29 is 24.9 Å². The normalized spacial score (nSPS) is 33.9. The van der Waals surface area contributed by atoms with Crippen molar-refractivity contribution >= 4 is 5.91 Å². The van der Waals surface area contributed by atoms with Gasteiger partial charge in [0.15, 0.2) is 6.23 Å². The number of rotatable bonds is 3. The van der Waals surface area contributed by atoms with Crippen molar-refractivity contribution in [3.63, 3.8) is 0 Å². The van der Waals surface area contributed by atoms with Gasteiger partial charge in [-0.3, -0.25) is 4.79 Å². The van der Waals surface area contributed by atoms with E-state index >= 15 is 0 Å². The summed E-state index contributed by atoms with van der Waals surface area (Å²) in [6.07, 6.45) is -5.14. The van der Waals surface area contributed by atoms with Crippen LogP contribution in [-0.4, -0.2) is 58.9 Å². The average molecular weight is 232 g/mol. The Kier molecular flexibility index (Phi) is 4.47. The zero-order valence-corrected chi connectivity index (χ0v) is 8.22. The Morgan fingerprint density at radius 2 is 2.19 bits per heavy atom. The third kappa shape index (κ3) is 3.05. The van der Waals surface area contributed by atoms with Crippen LogP contribution >= 0.6 is 0 Å². The second-order valence-electron chi connectivity index (χ2n) is 3.26. The van der Waals surface area contributed by atoms with Crippen LogP contribution in [0.15, 0.2) is 5.11 Å². The maximum absolute atomic E-state index is 11.1. The molecule has 90 valence electrons. The van der Waals surface area contributed by atoms with Crippen molar-refractivity contribution in [2.45, 2.75) is 24.5 Å². The van der Waals surface area contributed by atoms with E-state index in [1.165, 1.54) is 0 Å². The minimum absolute atomic E-state index is 0.204. The molecule has 1 aliphatic rings. The number of amides is 1. The fourth-order valence-corrected chi connectivity index (χ4v) is 1.23. The lowest BCUT2D eigenvalue weighted by atomic mass is 10.0. The SMILES string of the molecule is [N-]=[N+]=NCC(=O)N[C@@H]1OC[C@@H](O)[C@H](O)[C@H]1O. The molecule has 1 heterocycles. The molecule has 9 heteroatoms. The summed E-state index contributed by atoms with van der Waals surface area (Å²) in [5, 5.41) is 33.1. The zero-order chi connectivity index (χ0) is 12.1. The Labute approximate surface area is 90.3 Å². The summed E-state index contributed by atoms with van der Waals surface area (Å²) in [7, 11) is 0. The lowest BCUT2D eigenvalue weighted by Gasteiger charge is -2.35. The van der Waals surface area contributed by atoms with E-state index in [1.807, 2.05) is 0 Å². The number of nitrogens with one attached hydrogen (secondary N) is 1. The highest BCUT2D eigenvalue weighted by molar-refractivity contribution is 5.78. The van der Waals surface area contributed by atoms with Gasteiger partial charge in [-0.2, -0.15) is 0 Å². The van der Waals surface area contributed by atoms with E-state index in [0.717, 1.165) is 0 Å². The molecule has 0 unspecified atom stereocenters. The van der Waals surface area contributed by atoms with Gasteiger partial charge in [0.05, 0.1) is 6.61 Å². The molecular weight excluding hydrogens is 220 g/mol. The summed E-state index contributed by atoms with van der Waals surface area (Å²) in [5.41, 5.74) is 7.97. The van der Waals surface area contributed by atoms with Gasteiger partial charge in [0.1, 0.15) is 24.9 Å². The standard InChI is InChI=1S/C7H12N4O5/c8-11-9-1-4(13)10-7-6(15)5(14)3(12)2-16-7/h3,5-7,12,14-15H,1-2H2,(H,10,13)/t3-,5+,6-,7-/m1/s1. The molecule has 4 atom stereocenters. The number of aliphatic hydroxyl groups excluding tert-OH is 3. The largest absolute Gasteiger partial charge is 0.388 e. The van der Waals surface area contributed by atoms with E-state index in [1.54, 1.807) is 0 Å². The number of ether oxygens (including phenoxy) is 1. The molecule has 0 saturated carbocycles. The van der Waals surface area contributed by atoms with Crippen LogP contribution in [0.2, 0.25) is 0 Å². The first-order valence-electron chi connectivity index (χ1n) is 4.52. The van der Waals surface area contributed by atoms with Gasteiger partial charge >= 0.3 is 0 Å². The lowest BCUT2D eigenvalue weighted by Crippen LogP contribution is -2.59. The lowest BCUT2D eigenvalue weighted by molar-refractivity contribution is -0.196. The van der Waals surface area contributed by atoms with Gasteiger partial charge in [0, 0.05) is 4.91 Å². The number of carbonyl (C=O) groups excluding carboxylic acids is 1. The van der Waals surface area contributed by atoms with Gasteiger partial charge in [0.2, 0.25) is 5.91 Å². The summed E-state index contributed by atoms with van der Waals surface area (Å²) in [6.45, 7) is -0.633. The van der Waals surface area contributed by atoms with E-state index < -0.39 is 37.0 Å². The highest BCUT2D eigenvalue weighted by Crippen LogP contribution is 2.13. The maximum Gasteiger partial charge on any atom is 0.227 e. The number of hydrogen-bond donors (Lipinski definition) is 4. The molecule has 1 aliphatic heterocycles. The van der Waals surface area contributed by atoms with E-state index in [4.69, 9.17) is 15.4 Å². The summed E-state index contributed by atoms with van der Waals surface area (Å²) in [5.74, 6) is -0.648. The molecule has 1 rings (SSSR count). The Morgan fingerprint density at radius 1 is 1.50 bits per heavy atom. The molecule has 1 fully saturated rings. The topological polar surface area (TPSA) is 148 Å². The van der Waals surface area contributed by atoms with Gasteiger partial charge < -0.3 is 25.4 Å². The quantitative estimate of drug-likeness (QED) is 0.249. The molecule has 16 heavy (non-hydrogen) atoms. The monoisotopic (exact) mass is 232 g/mol. The van der Waals surface area contributed by atoms with Crippen LogP contribution in [0, 0.1) is 0 Å². The van der Waals surface area contributed by atoms with E-state index in [0.29, 0.717) is 0 Å². The molecule has 0 aromatic heterocycles. The van der Waals surface area contributed by atoms with Gasteiger partial charge in [-0.25, -0.2) is 0 Å². The first kappa shape index (κ1) is 12.7. The molecule has 4 N–H and O–H groups in total. The van der Waals surface area contributed by atoms with E-state index in [2.05, 4.69) is 15.3 Å². The van der Waals surface area contributed by atoms with Crippen LogP contribution in [0.5, 0.6) is 0 Å². The number of hydrogen-bond acceptors (Lipinski definition) is 6. The molecular formula is C7H12N4O5. The summed E-state index contributed by atoms with van der Waals surface area (Å²) < 4.78 is 4.90. The highest BCUT2D eigenvalue weighted by Gasteiger charge is 2.38. The number of carbonyl (C=O) groups is 1. The molecule has 0 bridgehead atoms. The number of nitrogens with zero attached hydrogens (tertiary/aromatic N) is 3. The van der Waals surface area contributed by atoms with Crippen LogP contribution in [0.4, 0.5) is 0 Å². The van der Waals surface area contributed by atoms with Gasteiger partial charge in [-0.15, -0.1) is 0 Å². The van der Waals surface area contributed by atoms with Crippen LogP contribution < -0.4 is 5.32 Å². The van der Waals surface area contributed by atoms with E-state index in [-0.39, 0.29) is 6.61 Å². The second kappa shape index (κ2) is 5.64. The summed E-state index contributed by atoms with van der Waals surface area (Å²) in [4.78, 5) is 13.5. The zero-order valence-electron chi connectivity index (χ0n) is 8.22. The first-order valence-corrected chi connectivity index (χ1v) is 4.52. The Morgan fingerprint density at radius 3 is 2.81 bits per heavy atom. The van der Waals surface area contributed by atoms with Crippen molar-refractivity contribution in [3.8, 4) is 0 Å². The minimum atomic E-state index is -1.43. The molecule has 0 radical (unpaired) electrons. The van der Waals surface area contributed by atoms with Crippen LogP contribution in [0.3, 0.4) is 0 Å². The van der Waals surface area contributed by atoms with Gasteiger partial charge in [-0.1, -0.05) is 5.11 Å². The van der Waals surface area contributed by atoms with Gasteiger partial charge in [-0.05, 0) is 5.53 Å². The third-order valence-corrected chi connectivity index (χ3v) is 2.08. The van der Waals surface area contributed by atoms with Crippen molar-refractivity contribution in [1.29, 1.82) is 0 Å². The highest BCUT2D eigenvalue weighted by atomic mass is 16.5. The molecule has 0 aromatic carbocycles. The fourth-order valence-electron chi connectivity index (χ4n) is 1.23. The molecule has 9 nitrogen and oxygen atoms in total. The molecule has 1 amide bonds. The molecule has 0 aromatic rings. The Balaban J connectivity index is 2.48. The van der Waals surface area contributed by atoms with Crippen molar-refractivity contribution in [2.75, 3.05) is 13.2 Å². The third-order valence-electron chi connectivity index (χ3n) is 2.08. The Hall–Kier alpha value is -1.38. The molecule has 1 saturated heterocycles. The second-order valence-corrected chi connectivity index (χ2v) is 3.26. The smallest absolute Gasteiger partial charge is 0.227 e. The number of azide groups is 1. The van der Waals surface area contributed by atoms with Crippen LogP contribution in [-0.2, 0) is 9.53 Å². The predicted octanol–water partition coefficient (Wildman–Crippen LogP) is -2.15. The minimum Gasteiger partial charge on any atom is -0.388 e. The Bertz CT molecular complexity index is 305. The van der Waals surface area contributed by atoms with E-state index in [9.17, 15) is 15.0 Å². The number of aliphatic hydroxyl groups is 3. The van der Waals surface area contributed by atoms with Crippen molar-refractivity contribution in [2.24, 2.45) is 5.11 Å². The van der Waals surface area contributed by atoms with Crippen LogP contribution in [0.1, 0.15) is 0 Å². The summed E-state index contributed by atoms with van der Waals surface area (Å²) >= 11 is 0. The molecule has 0 aliphatic carbocycles. The first-order chi connectivity index (χ1) is 7.56. The summed E-state index contributed by atoms with van der Waals surface area (Å²) in [6, 6.07) is 0. The average Bonchev–Trinajstić information content (AvgIpc) is 2.27. The van der Waals surface area contributed by atoms with Crippen LogP contribution in [0.25, 0.3) is 10.4 Å². The molecule has 0 spiro atoms. The van der Waals surface area contributed by atoms with Gasteiger partial charge in [0.25, 0.3) is 0 Å². The fraction of sp³-hybridized carbons (Fsp3) is 0.857. The van der Waals surface area contributed by atoms with Crippen molar-refractivity contribution in [3.05, 3.63) is 10.4 Å². The van der Waals surface area contributed by atoms with Crippen molar-refractivity contribution in [1.82, 2.24) is 5.32 Å².